The van der Waals surface area contributed by atoms with Crippen LogP contribution in [0, 0.1) is 5.82 Å². The lowest BCUT2D eigenvalue weighted by Crippen LogP contribution is -2.51. The van der Waals surface area contributed by atoms with Gasteiger partial charge in [0.2, 0.25) is 0 Å². The monoisotopic (exact) mass is 333 g/mol. The standard InChI is InChI=1S/C18H28FN5/c19-16-4-6-17(7-5-16)23-12-14-24(15-13-23)18(20)21-8-3-11-22-9-1-2-10-22/h4-7H,1-3,8-15H2,(H2,20,21). The zero-order valence-electron chi connectivity index (χ0n) is 14.3. The second kappa shape index (κ2) is 8.33. The van der Waals surface area contributed by atoms with Crippen molar-refractivity contribution in [3.8, 4) is 0 Å². The van der Waals surface area contributed by atoms with Crippen LogP contribution in [0.5, 0.6) is 0 Å². The first-order valence-corrected chi connectivity index (χ1v) is 9.00. The van der Waals surface area contributed by atoms with E-state index in [4.69, 9.17) is 5.73 Å². The summed E-state index contributed by atoms with van der Waals surface area (Å²) >= 11 is 0. The van der Waals surface area contributed by atoms with E-state index in [0.29, 0.717) is 5.96 Å². The zero-order chi connectivity index (χ0) is 16.8. The molecule has 3 rings (SSSR count). The molecule has 0 amide bonds. The van der Waals surface area contributed by atoms with E-state index >= 15 is 0 Å². The predicted octanol–water partition coefficient (Wildman–Crippen LogP) is 1.75. The molecule has 0 spiro atoms. The molecule has 1 aromatic rings. The summed E-state index contributed by atoms with van der Waals surface area (Å²) < 4.78 is 13.0. The fraction of sp³-hybridized carbons (Fsp3) is 0.611. The molecule has 1 aromatic carbocycles. The molecule has 0 saturated carbocycles. The number of likely N-dealkylation sites (tertiary alicyclic amines) is 1. The van der Waals surface area contributed by atoms with Gasteiger partial charge in [-0.05, 0) is 63.2 Å². The van der Waals surface area contributed by atoms with E-state index in [1.54, 1.807) is 0 Å². The highest BCUT2D eigenvalue weighted by Gasteiger charge is 2.18. The minimum absolute atomic E-state index is 0.192. The lowest BCUT2D eigenvalue weighted by Gasteiger charge is -2.36. The first-order valence-electron chi connectivity index (χ1n) is 9.00. The number of hydrogen-bond donors (Lipinski definition) is 1. The molecule has 0 atom stereocenters. The van der Waals surface area contributed by atoms with Crippen LogP contribution in [0.25, 0.3) is 0 Å². The Hall–Kier alpha value is -1.82. The number of anilines is 1. The van der Waals surface area contributed by atoms with Crippen LogP contribution in [0.3, 0.4) is 0 Å². The van der Waals surface area contributed by atoms with Crippen LogP contribution in [0.15, 0.2) is 29.3 Å². The summed E-state index contributed by atoms with van der Waals surface area (Å²) in [6, 6.07) is 6.69. The maximum Gasteiger partial charge on any atom is 0.191 e. The van der Waals surface area contributed by atoms with E-state index in [-0.39, 0.29) is 5.82 Å². The largest absolute Gasteiger partial charge is 0.370 e. The zero-order valence-corrected chi connectivity index (χ0v) is 14.3. The number of rotatable bonds is 5. The molecule has 2 aliphatic rings. The van der Waals surface area contributed by atoms with Crippen LogP contribution in [0.4, 0.5) is 10.1 Å². The van der Waals surface area contributed by atoms with Crippen molar-refractivity contribution in [2.24, 2.45) is 10.7 Å². The van der Waals surface area contributed by atoms with Crippen molar-refractivity contribution in [1.29, 1.82) is 0 Å². The highest BCUT2D eigenvalue weighted by Crippen LogP contribution is 2.16. The molecule has 2 saturated heterocycles. The van der Waals surface area contributed by atoms with Crippen molar-refractivity contribution >= 4 is 11.6 Å². The molecular formula is C18H28FN5. The number of halogens is 1. The Morgan fingerprint density at radius 1 is 1.00 bits per heavy atom. The van der Waals surface area contributed by atoms with Crippen molar-refractivity contribution in [2.45, 2.75) is 19.3 Å². The van der Waals surface area contributed by atoms with Gasteiger partial charge in [-0.1, -0.05) is 0 Å². The number of guanidine groups is 1. The molecule has 2 heterocycles. The Balaban J connectivity index is 1.40. The van der Waals surface area contributed by atoms with E-state index in [0.717, 1.165) is 51.4 Å². The lowest BCUT2D eigenvalue weighted by atomic mass is 10.2. The summed E-state index contributed by atoms with van der Waals surface area (Å²) in [6.07, 6.45) is 3.75. The van der Waals surface area contributed by atoms with Crippen LogP contribution < -0.4 is 10.6 Å². The summed E-state index contributed by atoms with van der Waals surface area (Å²) in [4.78, 5) is 11.5. The summed E-state index contributed by atoms with van der Waals surface area (Å²) in [5.41, 5.74) is 7.21. The normalized spacial score (nSPS) is 20.0. The lowest BCUT2D eigenvalue weighted by molar-refractivity contribution is 0.335. The maximum atomic E-state index is 13.0. The second-order valence-electron chi connectivity index (χ2n) is 6.59. The van der Waals surface area contributed by atoms with Crippen LogP contribution >= 0.6 is 0 Å². The minimum Gasteiger partial charge on any atom is -0.370 e. The SMILES string of the molecule is NC(=NCCCN1CCCC1)N1CCN(c2ccc(F)cc2)CC1. The summed E-state index contributed by atoms with van der Waals surface area (Å²) in [6.45, 7) is 7.91. The second-order valence-corrected chi connectivity index (χ2v) is 6.59. The highest BCUT2D eigenvalue weighted by atomic mass is 19.1. The van der Waals surface area contributed by atoms with E-state index in [9.17, 15) is 4.39 Å². The predicted molar refractivity (Wildman–Crippen MR) is 97.0 cm³/mol. The molecule has 0 aromatic heterocycles. The fourth-order valence-corrected chi connectivity index (χ4v) is 3.44. The highest BCUT2D eigenvalue weighted by molar-refractivity contribution is 5.78. The molecule has 0 bridgehead atoms. The Labute approximate surface area is 143 Å². The number of benzene rings is 1. The molecule has 2 aliphatic heterocycles. The quantitative estimate of drug-likeness (QED) is 0.507. The molecule has 5 nitrogen and oxygen atoms in total. The van der Waals surface area contributed by atoms with Crippen LogP contribution in [-0.2, 0) is 0 Å². The average molecular weight is 333 g/mol. The fourth-order valence-electron chi connectivity index (χ4n) is 3.44. The van der Waals surface area contributed by atoms with Crippen LogP contribution in [0.2, 0.25) is 0 Å². The number of aliphatic imine (C=N–C) groups is 1. The number of nitrogens with two attached hydrogens (primary N) is 1. The number of nitrogens with zero attached hydrogens (tertiary/aromatic N) is 4. The Bertz CT molecular complexity index is 531. The van der Waals surface area contributed by atoms with Gasteiger partial charge in [-0.15, -0.1) is 0 Å². The van der Waals surface area contributed by atoms with Gasteiger partial charge in [0.05, 0.1) is 0 Å². The van der Waals surface area contributed by atoms with Gasteiger partial charge in [0.25, 0.3) is 0 Å². The van der Waals surface area contributed by atoms with Gasteiger partial charge in [0.15, 0.2) is 5.96 Å². The van der Waals surface area contributed by atoms with Crippen molar-refractivity contribution in [3.05, 3.63) is 30.1 Å². The topological polar surface area (TPSA) is 48.1 Å². The summed E-state index contributed by atoms with van der Waals surface area (Å²) in [7, 11) is 0. The maximum absolute atomic E-state index is 13.0. The van der Waals surface area contributed by atoms with E-state index in [2.05, 4.69) is 19.7 Å². The van der Waals surface area contributed by atoms with E-state index < -0.39 is 0 Å². The molecule has 2 fully saturated rings. The molecule has 0 radical (unpaired) electrons. The first kappa shape index (κ1) is 17.0. The van der Waals surface area contributed by atoms with Gasteiger partial charge in [-0.25, -0.2) is 4.39 Å². The third-order valence-corrected chi connectivity index (χ3v) is 4.90. The van der Waals surface area contributed by atoms with Crippen molar-refractivity contribution in [3.63, 3.8) is 0 Å². The van der Waals surface area contributed by atoms with Gasteiger partial charge in [-0.3, -0.25) is 4.99 Å². The Morgan fingerprint density at radius 2 is 1.67 bits per heavy atom. The Morgan fingerprint density at radius 3 is 2.33 bits per heavy atom. The van der Waals surface area contributed by atoms with Crippen LogP contribution in [-0.4, -0.2) is 68.1 Å². The molecule has 0 unspecified atom stereocenters. The van der Waals surface area contributed by atoms with Crippen molar-refractivity contribution in [1.82, 2.24) is 9.80 Å². The van der Waals surface area contributed by atoms with Gasteiger partial charge >= 0.3 is 0 Å². The molecule has 0 aliphatic carbocycles. The summed E-state index contributed by atoms with van der Waals surface area (Å²) in [5.74, 6) is 0.470. The molecule has 24 heavy (non-hydrogen) atoms. The van der Waals surface area contributed by atoms with Crippen LogP contribution in [0.1, 0.15) is 19.3 Å². The average Bonchev–Trinajstić information content (AvgIpc) is 3.13. The van der Waals surface area contributed by atoms with Gasteiger partial charge in [-0.2, -0.15) is 0 Å². The van der Waals surface area contributed by atoms with Crippen molar-refractivity contribution < 1.29 is 4.39 Å². The molecular weight excluding hydrogens is 305 g/mol. The molecule has 2 N–H and O–H groups in total. The number of hydrogen-bond acceptors (Lipinski definition) is 3. The van der Waals surface area contributed by atoms with E-state index in [1.807, 2.05) is 12.1 Å². The first-order chi connectivity index (χ1) is 11.7. The third kappa shape index (κ3) is 4.60. The van der Waals surface area contributed by atoms with E-state index in [1.165, 1.54) is 38.1 Å². The summed E-state index contributed by atoms with van der Waals surface area (Å²) in [5, 5.41) is 0. The molecule has 132 valence electrons. The smallest absolute Gasteiger partial charge is 0.191 e. The van der Waals surface area contributed by atoms with Gasteiger partial charge in [0, 0.05) is 38.4 Å². The Kier molecular flexibility index (Phi) is 5.91. The minimum atomic E-state index is -0.192. The number of piperazine rings is 1. The van der Waals surface area contributed by atoms with Gasteiger partial charge in [0.1, 0.15) is 5.82 Å². The third-order valence-electron chi connectivity index (χ3n) is 4.90. The molecule has 6 heteroatoms. The van der Waals surface area contributed by atoms with Crippen molar-refractivity contribution in [2.75, 3.05) is 57.3 Å². The van der Waals surface area contributed by atoms with Gasteiger partial charge < -0.3 is 20.4 Å².